The fraction of sp³-hybridized carbons (Fsp3) is 0.286. The molecule has 5 heteroatoms. The van der Waals surface area contributed by atoms with Crippen molar-refractivity contribution >= 4 is 12.1 Å². The fourth-order valence-corrected chi connectivity index (χ4v) is 0.589. The minimum Gasteiger partial charge on any atom is -0.376 e. The fourth-order valence-electron chi connectivity index (χ4n) is 0.589. The Morgan fingerprint density at radius 2 is 2.33 bits per heavy atom. The molecule has 12 heavy (non-hydrogen) atoms. The van der Waals surface area contributed by atoms with E-state index in [2.05, 4.69) is 9.72 Å². The molecule has 0 saturated carbocycles. The summed E-state index contributed by atoms with van der Waals surface area (Å²) < 4.78 is 5.48. The van der Waals surface area contributed by atoms with E-state index in [9.17, 15) is 9.59 Å². The number of hydrogen-bond donors (Lipinski definition) is 0. The number of nitrogens with zero attached hydrogens (tertiary/aromatic N) is 2. The summed E-state index contributed by atoms with van der Waals surface area (Å²) in [4.78, 5) is 25.2. The van der Waals surface area contributed by atoms with Gasteiger partial charge >= 0.3 is 12.1 Å². The van der Waals surface area contributed by atoms with Crippen LogP contribution in [0.25, 0.3) is 0 Å². The Labute approximate surface area is 69.0 Å². The van der Waals surface area contributed by atoms with Crippen LogP contribution in [0.5, 0.6) is 0 Å². The van der Waals surface area contributed by atoms with Gasteiger partial charge in [-0.1, -0.05) is 6.92 Å². The maximum atomic E-state index is 11.0. The smallest absolute Gasteiger partial charge is 0.376 e. The zero-order chi connectivity index (χ0) is 8.97. The summed E-state index contributed by atoms with van der Waals surface area (Å²) in [5, 5.41) is 0. The molecular weight excluding hydrogens is 160 g/mol. The van der Waals surface area contributed by atoms with Gasteiger partial charge in [0.25, 0.3) is 0 Å². The monoisotopic (exact) mass is 168 g/mol. The Kier molecular flexibility index (Phi) is 2.57. The Hall–Kier alpha value is -1.65. The van der Waals surface area contributed by atoms with Gasteiger partial charge in [-0.2, -0.15) is 0 Å². The van der Waals surface area contributed by atoms with Gasteiger partial charge in [-0.15, -0.1) is 0 Å². The molecule has 0 aliphatic heterocycles. The van der Waals surface area contributed by atoms with Gasteiger partial charge in [0.15, 0.2) is 0 Å². The summed E-state index contributed by atoms with van der Waals surface area (Å²) >= 11 is 0. The van der Waals surface area contributed by atoms with Crippen molar-refractivity contribution in [3.05, 3.63) is 18.7 Å². The first-order valence-corrected chi connectivity index (χ1v) is 3.47. The summed E-state index contributed by atoms with van der Waals surface area (Å²) in [6.45, 7) is 1.61. The molecule has 1 rings (SSSR count). The first-order chi connectivity index (χ1) is 5.74. The molecule has 5 nitrogen and oxygen atoms in total. The lowest BCUT2D eigenvalue weighted by atomic mass is 10.5. The zero-order valence-corrected chi connectivity index (χ0v) is 6.56. The number of rotatable bonds is 1. The molecule has 0 saturated heterocycles. The van der Waals surface area contributed by atoms with E-state index in [1.165, 1.54) is 18.7 Å². The summed E-state index contributed by atoms with van der Waals surface area (Å²) in [7, 11) is 0. The first-order valence-electron chi connectivity index (χ1n) is 3.47. The van der Waals surface area contributed by atoms with Gasteiger partial charge in [0.2, 0.25) is 0 Å². The zero-order valence-electron chi connectivity index (χ0n) is 6.56. The minimum atomic E-state index is -0.723. The lowest BCUT2D eigenvalue weighted by Crippen LogP contribution is -2.16. The van der Waals surface area contributed by atoms with Crippen LogP contribution in [0.3, 0.4) is 0 Å². The van der Waals surface area contributed by atoms with Crippen LogP contribution in [0.4, 0.5) is 4.79 Å². The summed E-state index contributed by atoms with van der Waals surface area (Å²) in [6.07, 6.45) is 3.56. The van der Waals surface area contributed by atoms with Crippen LogP contribution in [-0.2, 0) is 9.53 Å². The second-order valence-corrected chi connectivity index (χ2v) is 2.06. The van der Waals surface area contributed by atoms with Crippen molar-refractivity contribution in [1.29, 1.82) is 0 Å². The Balaban J connectivity index is 2.56. The number of aromatic nitrogens is 2. The second kappa shape index (κ2) is 3.66. The van der Waals surface area contributed by atoms with Gasteiger partial charge in [-0.25, -0.2) is 14.3 Å². The van der Waals surface area contributed by atoms with Crippen molar-refractivity contribution in [3.8, 4) is 0 Å². The maximum Gasteiger partial charge on any atom is 0.427 e. The minimum absolute atomic E-state index is 0.181. The van der Waals surface area contributed by atoms with E-state index in [4.69, 9.17) is 0 Å². The number of hydrogen-bond acceptors (Lipinski definition) is 4. The predicted octanol–water partition coefficient (Wildman–Crippen LogP) is 0.804. The predicted molar refractivity (Wildman–Crippen MR) is 39.4 cm³/mol. The van der Waals surface area contributed by atoms with Crippen molar-refractivity contribution in [1.82, 2.24) is 9.55 Å². The van der Waals surface area contributed by atoms with Gasteiger partial charge in [-0.05, 0) is 0 Å². The van der Waals surface area contributed by atoms with Crippen LogP contribution in [0, 0.1) is 0 Å². The average Bonchev–Trinajstić information content (AvgIpc) is 2.56. The Morgan fingerprint density at radius 1 is 1.58 bits per heavy atom. The van der Waals surface area contributed by atoms with Crippen LogP contribution < -0.4 is 0 Å². The van der Waals surface area contributed by atoms with Gasteiger partial charge < -0.3 is 4.74 Å². The van der Waals surface area contributed by atoms with Crippen LogP contribution in [0.15, 0.2) is 18.7 Å². The van der Waals surface area contributed by atoms with Crippen molar-refractivity contribution in [3.63, 3.8) is 0 Å². The van der Waals surface area contributed by atoms with Gasteiger partial charge in [0, 0.05) is 18.8 Å². The van der Waals surface area contributed by atoms with Crippen LogP contribution in [0.1, 0.15) is 13.3 Å². The summed E-state index contributed by atoms with van der Waals surface area (Å²) in [5.74, 6) is -0.547. The van der Waals surface area contributed by atoms with E-state index in [1.54, 1.807) is 6.92 Å². The number of ether oxygens (including phenoxy) is 1. The van der Waals surface area contributed by atoms with Gasteiger partial charge in [-0.3, -0.25) is 4.79 Å². The highest BCUT2D eigenvalue weighted by molar-refractivity contribution is 5.85. The molecular formula is C7H8N2O3. The molecule has 0 bridgehead atoms. The molecule has 0 amide bonds. The SMILES string of the molecule is CCC(=O)OC(=O)n1ccnc1. The lowest BCUT2D eigenvalue weighted by molar-refractivity contribution is -0.136. The van der Waals surface area contributed by atoms with E-state index >= 15 is 0 Å². The summed E-state index contributed by atoms with van der Waals surface area (Å²) in [5.41, 5.74) is 0. The largest absolute Gasteiger partial charge is 0.427 e. The second-order valence-electron chi connectivity index (χ2n) is 2.06. The van der Waals surface area contributed by atoms with E-state index in [1.807, 2.05) is 0 Å². The van der Waals surface area contributed by atoms with E-state index in [0.717, 1.165) is 4.57 Å². The Bertz CT molecular complexity index is 279. The third-order valence-corrected chi connectivity index (χ3v) is 1.21. The number of imidazole rings is 1. The van der Waals surface area contributed by atoms with Crippen molar-refractivity contribution in [2.75, 3.05) is 0 Å². The highest BCUT2D eigenvalue weighted by Gasteiger charge is 2.08. The number of esters is 1. The molecule has 0 atom stereocenters. The molecule has 0 aromatic carbocycles. The highest BCUT2D eigenvalue weighted by atomic mass is 16.6. The van der Waals surface area contributed by atoms with E-state index < -0.39 is 12.1 Å². The molecule has 0 fully saturated rings. The maximum absolute atomic E-state index is 11.0. The Morgan fingerprint density at radius 3 is 2.83 bits per heavy atom. The van der Waals surface area contributed by atoms with E-state index in [-0.39, 0.29) is 6.42 Å². The molecule has 0 spiro atoms. The van der Waals surface area contributed by atoms with Crippen LogP contribution >= 0.6 is 0 Å². The van der Waals surface area contributed by atoms with E-state index in [0.29, 0.717) is 0 Å². The van der Waals surface area contributed by atoms with Crippen molar-refractivity contribution in [2.24, 2.45) is 0 Å². The van der Waals surface area contributed by atoms with Crippen LogP contribution in [0.2, 0.25) is 0 Å². The molecule has 0 N–H and O–H groups in total. The topological polar surface area (TPSA) is 61.2 Å². The van der Waals surface area contributed by atoms with Crippen LogP contribution in [-0.4, -0.2) is 21.6 Å². The molecule has 0 aliphatic rings. The van der Waals surface area contributed by atoms with Crippen molar-refractivity contribution < 1.29 is 14.3 Å². The van der Waals surface area contributed by atoms with Crippen molar-refractivity contribution in [2.45, 2.75) is 13.3 Å². The highest BCUT2D eigenvalue weighted by Crippen LogP contribution is 1.92. The van der Waals surface area contributed by atoms with Gasteiger partial charge in [0.1, 0.15) is 6.33 Å². The quantitative estimate of drug-likeness (QED) is 0.459. The number of carbonyl (C=O) groups excluding carboxylic acids is 2. The number of carbonyl (C=O) groups is 2. The molecule has 1 heterocycles. The molecule has 0 aliphatic carbocycles. The average molecular weight is 168 g/mol. The molecule has 64 valence electrons. The normalized spacial score (nSPS) is 9.42. The molecule has 1 aromatic heterocycles. The third kappa shape index (κ3) is 1.91. The molecule has 0 unspecified atom stereocenters. The standard InChI is InChI=1S/C7H8N2O3/c1-2-6(10)12-7(11)9-4-3-8-5-9/h3-5H,2H2,1H3. The third-order valence-electron chi connectivity index (χ3n) is 1.21. The first kappa shape index (κ1) is 8.45. The summed E-state index contributed by atoms with van der Waals surface area (Å²) in [6, 6.07) is 0. The van der Waals surface area contributed by atoms with Gasteiger partial charge in [0.05, 0.1) is 0 Å². The lowest BCUT2D eigenvalue weighted by Gasteiger charge is -1.99. The molecule has 1 aromatic rings. The molecule has 0 radical (unpaired) electrons.